The Bertz CT molecular complexity index is 342. The maximum Gasteiger partial charge on any atom is 0.146 e. The van der Waals surface area contributed by atoms with E-state index in [1.807, 2.05) is 0 Å². The molecule has 0 aliphatic heterocycles. The van der Waals surface area contributed by atoms with Gasteiger partial charge in [-0.05, 0) is 49.9 Å². The molecule has 0 saturated carbocycles. The summed E-state index contributed by atoms with van der Waals surface area (Å²) in [5.74, 6) is 1.20. The number of nitrogens with one attached hydrogen (secondary N) is 1. The molecule has 3 N–H and O–H groups in total. The van der Waals surface area contributed by atoms with Crippen molar-refractivity contribution in [2.24, 2.45) is 0 Å². The smallest absolute Gasteiger partial charge is 0.146 e. The Kier molecular flexibility index (Phi) is 4.95. The molecule has 1 unspecified atom stereocenters. The minimum absolute atomic E-state index is 0.341. The van der Waals surface area contributed by atoms with Crippen LogP contribution in [0.25, 0.3) is 0 Å². The van der Waals surface area contributed by atoms with Gasteiger partial charge >= 0.3 is 0 Å². The fourth-order valence-corrected chi connectivity index (χ4v) is 1.56. The van der Waals surface area contributed by atoms with Crippen LogP contribution in [0, 0.1) is 0 Å². The molecule has 0 amide bonds. The highest BCUT2D eigenvalue weighted by Gasteiger charge is 2.09. The van der Waals surface area contributed by atoms with Gasteiger partial charge in [-0.25, -0.2) is 9.97 Å². The molecule has 16 heavy (non-hydrogen) atoms. The Morgan fingerprint density at radius 3 is 2.81 bits per heavy atom. The third kappa shape index (κ3) is 3.94. The van der Waals surface area contributed by atoms with Crippen molar-refractivity contribution in [3.8, 4) is 0 Å². The van der Waals surface area contributed by atoms with Gasteiger partial charge in [0.15, 0.2) is 0 Å². The average molecular weight is 288 g/mol. The maximum atomic E-state index is 5.67. The van der Waals surface area contributed by atoms with E-state index in [2.05, 4.69) is 57.1 Å². The van der Waals surface area contributed by atoms with E-state index in [9.17, 15) is 0 Å². The molecule has 0 spiro atoms. The van der Waals surface area contributed by atoms with E-state index in [0.29, 0.717) is 11.9 Å². The zero-order valence-electron chi connectivity index (χ0n) is 9.87. The SMILES string of the molecule is CC(CCN(C)C)Nc1ncnc(N)c1Br. The van der Waals surface area contributed by atoms with Gasteiger partial charge < -0.3 is 16.0 Å². The molecule has 0 aliphatic carbocycles. The lowest BCUT2D eigenvalue weighted by atomic mass is 10.2. The van der Waals surface area contributed by atoms with Crippen molar-refractivity contribution in [2.75, 3.05) is 31.7 Å². The first kappa shape index (κ1) is 13.2. The number of halogens is 1. The molecule has 0 saturated heterocycles. The highest BCUT2D eigenvalue weighted by atomic mass is 79.9. The molecule has 0 radical (unpaired) electrons. The van der Waals surface area contributed by atoms with Crippen LogP contribution in [-0.2, 0) is 0 Å². The monoisotopic (exact) mass is 287 g/mol. The molecule has 1 aromatic rings. The molecule has 1 aromatic heterocycles. The van der Waals surface area contributed by atoms with Gasteiger partial charge in [-0.2, -0.15) is 0 Å². The molecular weight excluding hydrogens is 270 g/mol. The topological polar surface area (TPSA) is 67.1 Å². The van der Waals surface area contributed by atoms with Crippen LogP contribution in [0.4, 0.5) is 11.6 Å². The standard InChI is InChI=1S/C10H18BrN5/c1-7(4-5-16(2)3)15-10-8(11)9(12)13-6-14-10/h6-7H,4-5H2,1-3H3,(H3,12,13,14,15). The number of aromatic nitrogens is 2. The minimum Gasteiger partial charge on any atom is -0.383 e. The lowest BCUT2D eigenvalue weighted by Crippen LogP contribution is -2.23. The van der Waals surface area contributed by atoms with Crippen LogP contribution >= 0.6 is 15.9 Å². The molecule has 1 rings (SSSR count). The van der Waals surface area contributed by atoms with E-state index in [0.717, 1.165) is 23.3 Å². The zero-order chi connectivity index (χ0) is 12.1. The lowest BCUT2D eigenvalue weighted by Gasteiger charge is -2.18. The molecule has 0 aliphatic rings. The molecule has 5 nitrogen and oxygen atoms in total. The lowest BCUT2D eigenvalue weighted by molar-refractivity contribution is 0.390. The predicted octanol–water partition coefficient (Wildman–Crippen LogP) is 1.57. The van der Waals surface area contributed by atoms with E-state index in [-0.39, 0.29) is 0 Å². The normalized spacial score (nSPS) is 12.8. The summed E-state index contributed by atoms with van der Waals surface area (Å²) in [5, 5.41) is 3.30. The van der Waals surface area contributed by atoms with Crippen LogP contribution < -0.4 is 11.1 Å². The van der Waals surface area contributed by atoms with E-state index in [1.165, 1.54) is 6.33 Å². The van der Waals surface area contributed by atoms with E-state index in [4.69, 9.17) is 5.73 Å². The predicted molar refractivity (Wildman–Crippen MR) is 70.4 cm³/mol. The van der Waals surface area contributed by atoms with Crippen LogP contribution in [-0.4, -0.2) is 41.5 Å². The van der Waals surface area contributed by atoms with Crippen LogP contribution in [0.15, 0.2) is 10.8 Å². The van der Waals surface area contributed by atoms with E-state index >= 15 is 0 Å². The average Bonchev–Trinajstić information content (AvgIpc) is 2.22. The van der Waals surface area contributed by atoms with Gasteiger partial charge in [-0.3, -0.25) is 0 Å². The molecule has 0 aromatic carbocycles. The second kappa shape index (κ2) is 6.00. The number of hydrogen-bond acceptors (Lipinski definition) is 5. The van der Waals surface area contributed by atoms with Crippen molar-refractivity contribution in [1.29, 1.82) is 0 Å². The Morgan fingerprint density at radius 2 is 2.19 bits per heavy atom. The fraction of sp³-hybridized carbons (Fsp3) is 0.600. The van der Waals surface area contributed by atoms with Gasteiger partial charge in [0.25, 0.3) is 0 Å². The fourth-order valence-electron chi connectivity index (χ4n) is 1.24. The Hall–Kier alpha value is -0.880. The quantitative estimate of drug-likeness (QED) is 0.861. The largest absolute Gasteiger partial charge is 0.383 e. The Labute approximate surface area is 105 Å². The summed E-state index contributed by atoms with van der Waals surface area (Å²) in [7, 11) is 4.12. The van der Waals surface area contributed by atoms with Crippen LogP contribution in [0.2, 0.25) is 0 Å². The summed E-state index contributed by atoms with van der Waals surface area (Å²) in [5.41, 5.74) is 5.67. The van der Waals surface area contributed by atoms with Crippen molar-refractivity contribution in [3.05, 3.63) is 10.8 Å². The van der Waals surface area contributed by atoms with Gasteiger partial charge in [0.2, 0.25) is 0 Å². The van der Waals surface area contributed by atoms with Crippen molar-refractivity contribution < 1.29 is 0 Å². The number of nitrogen functional groups attached to an aromatic ring is 1. The molecule has 90 valence electrons. The third-order valence-electron chi connectivity index (χ3n) is 2.21. The summed E-state index contributed by atoms with van der Waals surface area (Å²) in [6, 6.07) is 0.341. The first-order valence-electron chi connectivity index (χ1n) is 5.18. The zero-order valence-corrected chi connectivity index (χ0v) is 11.5. The second-order valence-electron chi connectivity index (χ2n) is 4.06. The molecule has 1 atom stereocenters. The first-order valence-corrected chi connectivity index (χ1v) is 5.97. The molecule has 6 heteroatoms. The number of hydrogen-bond donors (Lipinski definition) is 2. The van der Waals surface area contributed by atoms with Gasteiger partial charge in [0.1, 0.15) is 22.4 Å². The molecule has 1 heterocycles. The van der Waals surface area contributed by atoms with E-state index < -0.39 is 0 Å². The van der Waals surface area contributed by atoms with Crippen LogP contribution in [0.1, 0.15) is 13.3 Å². The summed E-state index contributed by atoms with van der Waals surface area (Å²) in [6.45, 7) is 3.15. The summed E-state index contributed by atoms with van der Waals surface area (Å²) in [4.78, 5) is 10.2. The minimum atomic E-state index is 0.341. The number of rotatable bonds is 5. The van der Waals surface area contributed by atoms with Gasteiger partial charge in [-0.1, -0.05) is 0 Å². The van der Waals surface area contributed by atoms with Gasteiger partial charge in [0.05, 0.1) is 0 Å². The van der Waals surface area contributed by atoms with Crippen LogP contribution in [0.3, 0.4) is 0 Å². The number of nitrogens with two attached hydrogens (primary N) is 1. The molecular formula is C10H18BrN5. The van der Waals surface area contributed by atoms with Crippen molar-refractivity contribution in [1.82, 2.24) is 14.9 Å². The Morgan fingerprint density at radius 1 is 1.50 bits per heavy atom. The Balaban J connectivity index is 2.56. The summed E-state index contributed by atoms with van der Waals surface area (Å²) < 4.78 is 0.728. The number of nitrogens with zero attached hydrogens (tertiary/aromatic N) is 3. The highest BCUT2D eigenvalue weighted by molar-refractivity contribution is 9.10. The maximum absolute atomic E-state index is 5.67. The number of anilines is 2. The van der Waals surface area contributed by atoms with Crippen molar-refractivity contribution in [2.45, 2.75) is 19.4 Å². The van der Waals surface area contributed by atoms with Gasteiger partial charge in [0, 0.05) is 6.04 Å². The first-order chi connectivity index (χ1) is 7.50. The molecule has 0 bridgehead atoms. The van der Waals surface area contributed by atoms with Gasteiger partial charge in [-0.15, -0.1) is 0 Å². The molecule has 0 fully saturated rings. The van der Waals surface area contributed by atoms with Crippen molar-refractivity contribution >= 4 is 27.6 Å². The highest BCUT2D eigenvalue weighted by Crippen LogP contribution is 2.24. The summed E-state index contributed by atoms with van der Waals surface area (Å²) in [6.07, 6.45) is 2.50. The van der Waals surface area contributed by atoms with Crippen LogP contribution in [0.5, 0.6) is 0 Å². The van der Waals surface area contributed by atoms with Crippen molar-refractivity contribution in [3.63, 3.8) is 0 Å². The second-order valence-corrected chi connectivity index (χ2v) is 4.85. The summed E-state index contributed by atoms with van der Waals surface area (Å²) >= 11 is 3.37. The van der Waals surface area contributed by atoms with E-state index in [1.54, 1.807) is 0 Å². The third-order valence-corrected chi connectivity index (χ3v) is 2.99.